The summed E-state index contributed by atoms with van der Waals surface area (Å²) in [6.45, 7) is 2.24. The number of aromatic hydroxyl groups is 1. The van der Waals surface area contributed by atoms with Gasteiger partial charge in [0.2, 0.25) is 0 Å². The number of nitrogens with one attached hydrogen (secondary N) is 1. The predicted octanol–water partition coefficient (Wildman–Crippen LogP) is 3.50. The molecule has 138 valence electrons. The molecule has 2 N–H and O–H groups in total. The van der Waals surface area contributed by atoms with Gasteiger partial charge in [-0.3, -0.25) is 9.89 Å². The number of hydrogen-bond acceptors (Lipinski definition) is 4. The van der Waals surface area contributed by atoms with Crippen molar-refractivity contribution in [1.29, 1.82) is 0 Å². The number of ether oxygens (including phenoxy) is 1. The number of aromatic amines is 1. The summed E-state index contributed by atoms with van der Waals surface area (Å²) in [6.07, 6.45) is 0. The number of nitrogens with zero attached hydrogens (tertiary/aromatic N) is 2. The van der Waals surface area contributed by atoms with Crippen molar-refractivity contribution >= 4 is 5.91 Å². The third-order valence-corrected chi connectivity index (χ3v) is 4.72. The molecule has 0 spiro atoms. The fraction of sp³-hybridized carbons (Fsp3) is 0.200. The fourth-order valence-corrected chi connectivity index (χ4v) is 3.46. The van der Waals surface area contributed by atoms with Crippen molar-refractivity contribution in [3.05, 3.63) is 65.1 Å². The first kappa shape index (κ1) is 17.1. The molecule has 0 saturated carbocycles. The molecule has 1 amide bonds. The van der Waals surface area contributed by atoms with Crippen molar-refractivity contribution in [3.63, 3.8) is 0 Å². The number of hydrogen-bond donors (Lipinski definition) is 2. The molecule has 2 heterocycles. The van der Waals surface area contributed by atoms with E-state index < -0.39 is 6.04 Å². The highest BCUT2D eigenvalue weighted by molar-refractivity contribution is 6.00. The lowest BCUT2D eigenvalue weighted by atomic mass is 9.96. The van der Waals surface area contributed by atoms with Gasteiger partial charge in [-0.2, -0.15) is 5.10 Å². The van der Waals surface area contributed by atoms with E-state index in [9.17, 15) is 14.3 Å². The zero-order valence-corrected chi connectivity index (χ0v) is 14.9. The monoisotopic (exact) mass is 367 g/mol. The van der Waals surface area contributed by atoms with Gasteiger partial charge in [-0.25, -0.2) is 4.39 Å². The third-order valence-electron chi connectivity index (χ3n) is 4.72. The second-order valence-corrected chi connectivity index (χ2v) is 6.35. The molecule has 0 saturated heterocycles. The van der Waals surface area contributed by atoms with Gasteiger partial charge in [-0.05, 0) is 48.9 Å². The molecule has 0 aliphatic carbocycles. The van der Waals surface area contributed by atoms with E-state index in [2.05, 4.69) is 10.2 Å². The van der Waals surface area contributed by atoms with Crippen LogP contribution in [0, 0.1) is 5.82 Å². The first-order chi connectivity index (χ1) is 13.0. The summed E-state index contributed by atoms with van der Waals surface area (Å²) < 4.78 is 18.8. The second kappa shape index (κ2) is 6.42. The molecule has 4 rings (SSSR count). The highest BCUT2D eigenvalue weighted by atomic mass is 19.1. The number of rotatable bonds is 4. The molecule has 0 bridgehead atoms. The Balaban J connectivity index is 1.85. The molecule has 1 atom stereocenters. The van der Waals surface area contributed by atoms with E-state index in [4.69, 9.17) is 4.74 Å². The Kier molecular flexibility index (Phi) is 4.07. The molecule has 7 heteroatoms. The van der Waals surface area contributed by atoms with Crippen LogP contribution in [0.5, 0.6) is 11.5 Å². The normalized spacial score (nSPS) is 15.9. The maximum atomic E-state index is 13.3. The quantitative estimate of drug-likeness (QED) is 0.740. The second-order valence-electron chi connectivity index (χ2n) is 6.35. The summed E-state index contributed by atoms with van der Waals surface area (Å²) >= 11 is 0. The van der Waals surface area contributed by atoms with E-state index in [0.29, 0.717) is 29.3 Å². The molecule has 0 radical (unpaired) electrons. The molecule has 6 nitrogen and oxygen atoms in total. The van der Waals surface area contributed by atoms with Gasteiger partial charge in [0.05, 0.1) is 18.3 Å². The van der Waals surface area contributed by atoms with Crippen LogP contribution in [-0.4, -0.2) is 39.8 Å². The van der Waals surface area contributed by atoms with E-state index in [1.165, 1.54) is 12.1 Å². The predicted molar refractivity (Wildman–Crippen MR) is 97.2 cm³/mol. The molecular weight excluding hydrogens is 349 g/mol. The number of benzene rings is 2. The van der Waals surface area contributed by atoms with Crippen LogP contribution in [0.3, 0.4) is 0 Å². The first-order valence-electron chi connectivity index (χ1n) is 8.58. The summed E-state index contributed by atoms with van der Waals surface area (Å²) in [4.78, 5) is 14.3. The Morgan fingerprint density at radius 1 is 1.26 bits per heavy atom. The molecule has 27 heavy (non-hydrogen) atoms. The van der Waals surface area contributed by atoms with E-state index in [1.54, 1.807) is 42.3 Å². The Morgan fingerprint density at radius 2 is 2.00 bits per heavy atom. The summed E-state index contributed by atoms with van der Waals surface area (Å²) in [5.41, 5.74) is 3.23. The third kappa shape index (κ3) is 2.71. The van der Waals surface area contributed by atoms with Gasteiger partial charge in [-0.1, -0.05) is 6.07 Å². The molecule has 1 aliphatic rings. The largest absolute Gasteiger partial charge is 0.504 e. The van der Waals surface area contributed by atoms with Crippen LogP contribution in [0.2, 0.25) is 0 Å². The van der Waals surface area contributed by atoms with Crippen LogP contribution in [0.25, 0.3) is 11.3 Å². The van der Waals surface area contributed by atoms with Crippen LogP contribution < -0.4 is 4.74 Å². The maximum absolute atomic E-state index is 13.3. The molecular formula is C20H18FN3O3. The number of halogens is 1. The average Bonchev–Trinajstić information content (AvgIpc) is 3.18. The number of amides is 1. The van der Waals surface area contributed by atoms with Crippen molar-refractivity contribution in [2.75, 3.05) is 13.7 Å². The van der Waals surface area contributed by atoms with Gasteiger partial charge in [0.1, 0.15) is 11.5 Å². The first-order valence-corrected chi connectivity index (χ1v) is 8.58. The maximum Gasteiger partial charge on any atom is 0.272 e. The Bertz CT molecular complexity index is 1010. The number of carbonyl (C=O) groups excluding carboxylic acids is 1. The SMILES string of the molecule is CCOc1cc([C@@H]2c3c(-c4ccc(F)cc4)n[nH]c3C(=O)N2C)ccc1O. The molecule has 2 aromatic carbocycles. The number of carbonyl (C=O) groups is 1. The molecule has 1 aliphatic heterocycles. The lowest BCUT2D eigenvalue weighted by Gasteiger charge is -2.22. The molecule has 3 aromatic rings. The zero-order chi connectivity index (χ0) is 19.1. The van der Waals surface area contributed by atoms with Crippen molar-refractivity contribution in [2.45, 2.75) is 13.0 Å². The lowest BCUT2D eigenvalue weighted by Crippen LogP contribution is -2.24. The summed E-state index contributed by atoms with van der Waals surface area (Å²) in [6, 6.07) is 10.6. The molecule has 0 unspecified atom stereocenters. The van der Waals surface area contributed by atoms with Crippen molar-refractivity contribution in [2.24, 2.45) is 0 Å². The van der Waals surface area contributed by atoms with Gasteiger partial charge < -0.3 is 14.7 Å². The van der Waals surface area contributed by atoms with Gasteiger partial charge in [0, 0.05) is 18.2 Å². The Morgan fingerprint density at radius 3 is 2.70 bits per heavy atom. The van der Waals surface area contributed by atoms with Gasteiger partial charge in [-0.15, -0.1) is 0 Å². The smallest absolute Gasteiger partial charge is 0.272 e. The summed E-state index contributed by atoms with van der Waals surface area (Å²) in [5, 5.41) is 17.1. The van der Waals surface area contributed by atoms with Crippen LogP contribution >= 0.6 is 0 Å². The standard InChI is InChI=1S/C20H18FN3O3/c1-3-27-15-10-12(6-9-14(15)25)19-16-17(11-4-7-13(21)8-5-11)22-23-18(16)20(26)24(19)2/h4-10,19,25H,3H2,1-2H3,(H,22,23)/t19-/m1/s1. The Labute approximate surface area is 155 Å². The van der Waals surface area contributed by atoms with Crippen LogP contribution in [0.4, 0.5) is 4.39 Å². The minimum Gasteiger partial charge on any atom is -0.504 e. The topological polar surface area (TPSA) is 78.5 Å². The molecule has 1 aromatic heterocycles. The number of aromatic nitrogens is 2. The van der Waals surface area contributed by atoms with Crippen molar-refractivity contribution < 1.29 is 19.0 Å². The molecule has 0 fully saturated rings. The number of fused-ring (bicyclic) bond motifs is 1. The number of H-pyrrole nitrogens is 1. The van der Waals surface area contributed by atoms with Gasteiger partial charge in [0.15, 0.2) is 11.5 Å². The average molecular weight is 367 g/mol. The van der Waals surface area contributed by atoms with Gasteiger partial charge >= 0.3 is 0 Å². The highest BCUT2D eigenvalue weighted by Gasteiger charge is 2.40. The Hall–Kier alpha value is -3.35. The van der Waals surface area contributed by atoms with Crippen molar-refractivity contribution in [1.82, 2.24) is 15.1 Å². The van der Waals surface area contributed by atoms with Crippen LogP contribution in [-0.2, 0) is 0 Å². The summed E-state index contributed by atoms with van der Waals surface area (Å²) in [5.74, 6) is -0.118. The fourth-order valence-electron chi connectivity index (χ4n) is 3.46. The van der Waals surface area contributed by atoms with E-state index >= 15 is 0 Å². The minimum absolute atomic E-state index is 0.0405. The van der Waals surface area contributed by atoms with E-state index in [-0.39, 0.29) is 17.5 Å². The van der Waals surface area contributed by atoms with E-state index in [1.807, 2.05) is 6.92 Å². The summed E-state index contributed by atoms with van der Waals surface area (Å²) in [7, 11) is 1.71. The van der Waals surface area contributed by atoms with Gasteiger partial charge in [0.25, 0.3) is 5.91 Å². The zero-order valence-electron chi connectivity index (χ0n) is 14.9. The van der Waals surface area contributed by atoms with Crippen LogP contribution in [0.15, 0.2) is 42.5 Å². The minimum atomic E-state index is -0.397. The van der Waals surface area contributed by atoms with Crippen LogP contribution in [0.1, 0.15) is 34.6 Å². The van der Waals surface area contributed by atoms with Crippen molar-refractivity contribution in [3.8, 4) is 22.8 Å². The number of phenolic OH excluding ortho intramolecular Hbond substituents is 1. The van der Waals surface area contributed by atoms with E-state index in [0.717, 1.165) is 11.1 Å². The lowest BCUT2D eigenvalue weighted by molar-refractivity contribution is 0.0787. The highest BCUT2D eigenvalue weighted by Crippen LogP contribution is 2.43. The number of phenols is 1.